The van der Waals surface area contributed by atoms with E-state index < -0.39 is 5.97 Å². The number of aliphatic carboxylic acids is 1. The Morgan fingerprint density at radius 3 is 2.50 bits per heavy atom. The second kappa shape index (κ2) is 7.79. The van der Waals surface area contributed by atoms with Crippen LogP contribution in [0.5, 0.6) is 0 Å². The molecule has 0 aromatic carbocycles. The number of nitrogens with zero attached hydrogens (tertiary/aromatic N) is 1. The first-order chi connectivity index (χ1) is 9.40. The minimum atomic E-state index is -1.04. The number of hydrogen-bond acceptors (Lipinski definition) is 4. The van der Waals surface area contributed by atoms with Crippen LogP contribution in [0.4, 0.5) is 0 Å². The fraction of sp³-hybridized carbons (Fsp3) is 0.500. The molecule has 1 amide bonds. The van der Waals surface area contributed by atoms with Crippen LogP contribution in [0.1, 0.15) is 36.4 Å². The van der Waals surface area contributed by atoms with Crippen LogP contribution in [0.25, 0.3) is 0 Å². The molecule has 1 heterocycles. The van der Waals surface area contributed by atoms with Gasteiger partial charge in [0.1, 0.15) is 6.54 Å². The first-order valence-electron chi connectivity index (χ1n) is 6.46. The lowest BCUT2D eigenvalue weighted by Crippen LogP contribution is -2.38. The van der Waals surface area contributed by atoms with Crippen molar-refractivity contribution in [3.63, 3.8) is 0 Å². The molecule has 1 rings (SSSR count). The maximum Gasteiger partial charge on any atom is 0.323 e. The molecule has 0 aliphatic heterocycles. The number of amides is 1. The van der Waals surface area contributed by atoms with Crippen molar-refractivity contribution in [1.29, 1.82) is 0 Å². The van der Waals surface area contributed by atoms with Gasteiger partial charge in [-0.3, -0.25) is 14.4 Å². The topological polar surface area (TPSA) is 74.7 Å². The molecule has 6 heteroatoms. The van der Waals surface area contributed by atoms with Crippen molar-refractivity contribution < 1.29 is 19.5 Å². The maximum absolute atomic E-state index is 12.0. The fourth-order valence-electron chi connectivity index (χ4n) is 1.80. The normalized spacial score (nSPS) is 10.6. The van der Waals surface area contributed by atoms with E-state index in [0.29, 0.717) is 11.4 Å². The van der Waals surface area contributed by atoms with E-state index in [1.54, 1.807) is 12.1 Å². The van der Waals surface area contributed by atoms with Gasteiger partial charge in [-0.25, -0.2) is 0 Å². The highest BCUT2D eigenvalue weighted by Gasteiger charge is 2.19. The summed E-state index contributed by atoms with van der Waals surface area (Å²) in [6.07, 6.45) is 0.171. The highest BCUT2D eigenvalue weighted by Crippen LogP contribution is 2.13. The average Bonchev–Trinajstić information content (AvgIpc) is 2.87. The Bertz CT molecular complexity index is 468. The quantitative estimate of drug-likeness (QED) is 0.747. The average molecular weight is 297 g/mol. The van der Waals surface area contributed by atoms with Crippen LogP contribution >= 0.6 is 11.3 Å². The minimum Gasteiger partial charge on any atom is -0.480 e. The zero-order valence-corrected chi connectivity index (χ0v) is 12.5. The van der Waals surface area contributed by atoms with E-state index in [1.165, 1.54) is 16.2 Å². The van der Waals surface area contributed by atoms with Gasteiger partial charge in [0.2, 0.25) is 5.91 Å². The zero-order chi connectivity index (χ0) is 15.1. The molecule has 0 fully saturated rings. The summed E-state index contributed by atoms with van der Waals surface area (Å²) >= 11 is 1.34. The molecule has 0 aliphatic carbocycles. The molecule has 0 aliphatic rings. The van der Waals surface area contributed by atoms with Crippen molar-refractivity contribution in [1.82, 2.24) is 4.90 Å². The Kier molecular flexibility index (Phi) is 6.38. The molecule has 0 unspecified atom stereocenters. The minimum absolute atomic E-state index is 0.0523. The van der Waals surface area contributed by atoms with E-state index in [9.17, 15) is 14.4 Å². The largest absolute Gasteiger partial charge is 0.480 e. The standard InChI is InChI=1S/C14H19NO4S/c1-10(2)8-15(9-14(18)19)13(17)6-5-11(16)12-4-3-7-20-12/h3-4,7,10H,5-6,8-9H2,1-2H3,(H,18,19). The number of hydrogen-bond donors (Lipinski definition) is 1. The summed E-state index contributed by atoms with van der Waals surface area (Å²) in [5, 5.41) is 10.6. The summed E-state index contributed by atoms with van der Waals surface area (Å²) in [5.41, 5.74) is 0. The summed E-state index contributed by atoms with van der Waals surface area (Å²) in [5.74, 6) is -1.21. The monoisotopic (exact) mass is 297 g/mol. The lowest BCUT2D eigenvalue weighted by atomic mass is 10.1. The molecular formula is C14H19NO4S. The van der Waals surface area contributed by atoms with Crippen LogP contribution in [0, 0.1) is 5.92 Å². The van der Waals surface area contributed by atoms with E-state index in [2.05, 4.69) is 0 Å². The van der Waals surface area contributed by atoms with Gasteiger partial charge in [-0.05, 0) is 17.4 Å². The van der Waals surface area contributed by atoms with Crippen LogP contribution in [0.3, 0.4) is 0 Å². The van der Waals surface area contributed by atoms with Crippen LogP contribution < -0.4 is 0 Å². The first kappa shape index (κ1) is 16.4. The molecule has 0 radical (unpaired) electrons. The third-order valence-electron chi connectivity index (χ3n) is 2.63. The van der Waals surface area contributed by atoms with Gasteiger partial charge < -0.3 is 10.0 Å². The molecule has 5 nitrogen and oxygen atoms in total. The number of Topliss-reactive ketones (excluding diaryl/α,β-unsaturated/α-hetero) is 1. The van der Waals surface area contributed by atoms with Gasteiger partial charge in [0.05, 0.1) is 4.88 Å². The SMILES string of the molecule is CC(C)CN(CC(=O)O)C(=O)CCC(=O)c1cccs1. The summed E-state index contributed by atoms with van der Waals surface area (Å²) in [4.78, 5) is 36.5. The number of ketones is 1. The summed E-state index contributed by atoms with van der Waals surface area (Å²) < 4.78 is 0. The molecule has 0 bridgehead atoms. The van der Waals surface area contributed by atoms with E-state index >= 15 is 0 Å². The Morgan fingerprint density at radius 1 is 1.30 bits per heavy atom. The fourth-order valence-corrected chi connectivity index (χ4v) is 2.49. The van der Waals surface area contributed by atoms with Gasteiger partial charge in [-0.15, -0.1) is 11.3 Å². The smallest absolute Gasteiger partial charge is 0.323 e. The number of thiophene rings is 1. The number of carboxylic acid groups (broad SMARTS) is 1. The first-order valence-corrected chi connectivity index (χ1v) is 7.34. The molecule has 1 N–H and O–H groups in total. The van der Waals surface area contributed by atoms with Crippen molar-refractivity contribution in [2.45, 2.75) is 26.7 Å². The van der Waals surface area contributed by atoms with Gasteiger partial charge in [-0.1, -0.05) is 19.9 Å². The molecule has 0 saturated carbocycles. The Hall–Kier alpha value is -1.69. The van der Waals surface area contributed by atoms with Gasteiger partial charge in [0.25, 0.3) is 0 Å². The number of carbonyl (C=O) groups is 3. The van der Waals surface area contributed by atoms with Crippen molar-refractivity contribution in [3.05, 3.63) is 22.4 Å². The molecule has 20 heavy (non-hydrogen) atoms. The maximum atomic E-state index is 12.0. The van der Waals surface area contributed by atoms with E-state index in [0.717, 1.165) is 0 Å². The van der Waals surface area contributed by atoms with Crippen molar-refractivity contribution in [2.75, 3.05) is 13.1 Å². The lowest BCUT2D eigenvalue weighted by molar-refractivity contribution is -0.144. The Labute approximate surface area is 122 Å². The molecule has 1 aromatic heterocycles. The molecule has 0 saturated heterocycles. The van der Waals surface area contributed by atoms with E-state index in [-0.39, 0.29) is 37.0 Å². The predicted octanol–water partition coefficient (Wildman–Crippen LogP) is 2.28. The second-order valence-corrected chi connectivity index (χ2v) is 5.91. The van der Waals surface area contributed by atoms with E-state index in [4.69, 9.17) is 5.11 Å². The van der Waals surface area contributed by atoms with Crippen molar-refractivity contribution in [3.8, 4) is 0 Å². The van der Waals surface area contributed by atoms with Crippen LogP contribution in [0.2, 0.25) is 0 Å². The number of carboxylic acids is 1. The van der Waals surface area contributed by atoms with Crippen LogP contribution in [0.15, 0.2) is 17.5 Å². The highest BCUT2D eigenvalue weighted by atomic mass is 32.1. The zero-order valence-electron chi connectivity index (χ0n) is 11.7. The lowest BCUT2D eigenvalue weighted by Gasteiger charge is -2.22. The molecule has 110 valence electrons. The van der Waals surface area contributed by atoms with Crippen LogP contribution in [-0.4, -0.2) is 40.8 Å². The van der Waals surface area contributed by atoms with Gasteiger partial charge in [0.15, 0.2) is 5.78 Å². The Balaban J connectivity index is 2.53. The van der Waals surface area contributed by atoms with Crippen molar-refractivity contribution in [2.24, 2.45) is 5.92 Å². The number of carbonyl (C=O) groups excluding carboxylic acids is 2. The van der Waals surface area contributed by atoms with Gasteiger partial charge in [0, 0.05) is 19.4 Å². The van der Waals surface area contributed by atoms with Gasteiger partial charge in [-0.2, -0.15) is 0 Å². The summed E-state index contributed by atoms with van der Waals surface area (Å²) in [6, 6.07) is 3.51. The third kappa shape index (κ3) is 5.52. The second-order valence-electron chi connectivity index (χ2n) is 4.96. The number of rotatable bonds is 8. The molecule has 1 aromatic rings. The predicted molar refractivity (Wildman–Crippen MR) is 76.9 cm³/mol. The highest BCUT2D eigenvalue weighted by molar-refractivity contribution is 7.12. The van der Waals surface area contributed by atoms with Crippen LogP contribution in [-0.2, 0) is 9.59 Å². The molecule has 0 spiro atoms. The van der Waals surface area contributed by atoms with Crippen molar-refractivity contribution >= 4 is 29.0 Å². The van der Waals surface area contributed by atoms with E-state index in [1.807, 2.05) is 19.2 Å². The third-order valence-corrected chi connectivity index (χ3v) is 3.54. The summed E-state index contributed by atoms with van der Waals surface area (Å²) in [7, 11) is 0. The molecule has 0 atom stereocenters. The molecular weight excluding hydrogens is 278 g/mol. The Morgan fingerprint density at radius 2 is 2.00 bits per heavy atom. The summed E-state index contributed by atoms with van der Waals surface area (Å²) in [6.45, 7) is 3.90. The van der Waals surface area contributed by atoms with Gasteiger partial charge >= 0.3 is 5.97 Å².